The predicted molar refractivity (Wildman–Crippen MR) is 86.1 cm³/mol. The van der Waals surface area contributed by atoms with E-state index in [-0.39, 0.29) is 0 Å². The highest BCUT2D eigenvalue weighted by Crippen LogP contribution is 2.19. The Balaban J connectivity index is 2.00. The van der Waals surface area contributed by atoms with Crippen LogP contribution in [0.25, 0.3) is 0 Å². The maximum absolute atomic E-state index is 12.3. The first-order chi connectivity index (χ1) is 10.7. The van der Waals surface area contributed by atoms with Crippen LogP contribution in [0.3, 0.4) is 0 Å². The van der Waals surface area contributed by atoms with Crippen molar-refractivity contribution in [3.63, 3.8) is 0 Å². The summed E-state index contributed by atoms with van der Waals surface area (Å²) in [4.78, 5) is 24.0. The van der Waals surface area contributed by atoms with E-state index in [1.165, 1.54) is 18.2 Å². The van der Waals surface area contributed by atoms with Crippen LogP contribution in [-0.2, 0) is 30.5 Å². The second-order valence-corrected chi connectivity index (χ2v) is 5.72. The fourth-order valence-corrected chi connectivity index (χ4v) is 2.88. The second kappa shape index (κ2) is 6.14. The lowest BCUT2D eigenvalue weighted by Gasteiger charge is -2.13. The average Bonchev–Trinajstić information content (AvgIpc) is 2.56. The van der Waals surface area contributed by atoms with Crippen LogP contribution in [0.5, 0.6) is 0 Å². The van der Waals surface area contributed by atoms with Gasteiger partial charge in [-0.3, -0.25) is 9.59 Å². The third kappa shape index (κ3) is 2.93. The Morgan fingerprint density at radius 1 is 0.818 bits per heavy atom. The van der Waals surface area contributed by atoms with E-state index in [1.54, 1.807) is 0 Å². The van der Waals surface area contributed by atoms with Gasteiger partial charge in [0.15, 0.2) is 0 Å². The molecule has 3 heteroatoms. The van der Waals surface area contributed by atoms with Crippen LogP contribution in [0.1, 0.15) is 32.6 Å². The van der Waals surface area contributed by atoms with Gasteiger partial charge in [0.2, 0.25) is 5.78 Å². The second-order valence-electron chi connectivity index (χ2n) is 5.72. The Hall–Kier alpha value is -2.42. The van der Waals surface area contributed by atoms with E-state index in [1.807, 2.05) is 12.1 Å². The lowest BCUT2D eigenvalue weighted by Crippen LogP contribution is -2.28. The lowest BCUT2D eigenvalue weighted by atomic mass is 9.91. The quantitative estimate of drug-likeness (QED) is 0.683. The molecule has 6 rings (SSSR count). The molecule has 1 amide bonds. The molecule has 0 heterocycles. The van der Waals surface area contributed by atoms with Crippen molar-refractivity contribution >= 4 is 11.7 Å². The maximum atomic E-state index is 12.3. The molecule has 4 bridgehead atoms. The number of hydrogen-bond donors (Lipinski definition) is 1. The van der Waals surface area contributed by atoms with Crippen molar-refractivity contribution in [3.8, 4) is 0 Å². The molecule has 0 saturated heterocycles. The molecule has 0 unspecified atom stereocenters. The number of aryl methyl sites for hydroxylation is 4. The predicted octanol–water partition coefficient (Wildman–Crippen LogP) is 2.50. The van der Waals surface area contributed by atoms with Gasteiger partial charge in [-0.15, -0.1) is 0 Å². The number of carbonyl (C=O) groups excluding carboxylic acids is 2. The zero-order valence-electron chi connectivity index (χ0n) is 12.7. The van der Waals surface area contributed by atoms with Gasteiger partial charge in [-0.25, -0.2) is 0 Å². The molecular formula is C19H19NO2. The Kier molecular flexibility index (Phi) is 4.05. The molecule has 112 valence electrons. The van der Waals surface area contributed by atoms with Gasteiger partial charge >= 0.3 is 0 Å². The van der Waals surface area contributed by atoms with Crippen LogP contribution >= 0.6 is 0 Å². The van der Waals surface area contributed by atoms with Crippen molar-refractivity contribution in [2.24, 2.45) is 0 Å². The molecule has 0 aromatic heterocycles. The largest absolute Gasteiger partial charge is 0.352 e. The highest BCUT2D eigenvalue weighted by atomic mass is 16.2. The number of rotatable bonds is 2. The molecule has 2 aromatic carbocycles. The zero-order chi connectivity index (χ0) is 15.5. The topological polar surface area (TPSA) is 46.2 Å². The van der Waals surface area contributed by atoms with Crippen LogP contribution in [0.4, 0.5) is 0 Å². The molecule has 1 N–H and O–H groups in total. The van der Waals surface area contributed by atoms with Crippen LogP contribution in [0.2, 0.25) is 0 Å². The van der Waals surface area contributed by atoms with Gasteiger partial charge in [0, 0.05) is 12.6 Å². The molecule has 0 radical (unpaired) electrons. The summed E-state index contributed by atoms with van der Waals surface area (Å²) in [5.74, 6) is -0.987. The molecule has 2 aromatic rings. The van der Waals surface area contributed by atoms with Crippen molar-refractivity contribution in [1.82, 2.24) is 5.32 Å². The molecule has 0 atom stereocenters. The summed E-state index contributed by atoms with van der Waals surface area (Å²) in [6.07, 6.45) is 3.44. The van der Waals surface area contributed by atoms with E-state index in [9.17, 15) is 9.59 Å². The monoisotopic (exact) mass is 293 g/mol. The van der Waals surface area contributed by atoms with Crippen LogP contribution in [0.15, 0.2) is 42.5 Å². The number of ketones is 1. The number of benzene rings is 2. The number of hydrogen-bond acceptors (Lipinski definition) is 2. The molecule has 22 heavy (non-hydrogen) atoms. The summed E-state index contributed by atoms with van der Waals surface area (Å²) in [5.41, 5.74) is 5.15. The van der Waals surface area contributed by atoms with Gasteiger partial charge in [-0.05, 0) is 54.0 Å². The van der Waals surface area contributed by atoms with E-state index < -0.39 is 11.7 Å². The van der Waals surface area contributed by atoms with Crippen LogP contribution in [0, 0.1) is 0 Å². The number of nitrogens with one attached hydrogen (secondary N) is 1. The minimum absolute atomic E-state index is 0.440. The van der Waals surface area contributed by atoms with Crippen LogP contribution in [-0.4, -0.2) is 18.7 Å². The Morgan fingerprint density at radius 3 is 2.00 bits per heavy atom. The summed E-state index contributed by atoms with van der Waals surface area (Å²) in [6, 6.07) is 14.6. The molecule has 0 spiro atoms. The lowest BCUT2D eigenvalue weighted by molar-refractivity contribution is -0.116. The van der Waals surface area contributed by atoms with Gasteiger partial charge in [0.1, 0.15) is 0 Å². The van der Waals surface area contributed by atoms with Gasteiger partial charge in [-0.1, -0.05) is 36.4 Å². The summed E-state index contributed by atoms with van der Waals surface area (Å²) in [5, 5.41) is 2.43. The van der Waals surface area contributed by atoms with E-state index >= 15 is 0 Å². The number of amides is 1. The number of carbonyl (C=O) groups is 2. The molecule has 0 aliphatic heterocycles. The summed E-state index contributed by atoms with van der Waals surface area (Å²) in [7, 11) is 1.49. The molecule has 4 aliphatic carbocycles. The highest BCUT2D eigenvalue weighted by molar-refractivity contribution is 6.43. The summed E-state index contributed by atoms with van der Waals surface area (Å²) in [6.45, 7) is 0. The Bertz CT molecular complexity index is 717. The van der Waals surface area contributed by atoms with Crippen molar-refractivity contribution in [2.75, 3.05) is 7.05 Å². The van der Waals surface area contributed by atoms with Gasteiger partial charge in [0.25, 0.3) is 5.91 Å². The Morgan fingerprint density at radius 2 is 1.36 bits per heavy atom. The number of likely N-dealkylation sites (N-methyl/N-ethyl adjacent to an activating group) is 1. The van der Waals surface area contributed by atoms with Crippen molar-refractivity contribution in [1.29, 1.82) is 0 Å². The first kappa shape index (κ1) is 14.5. The molecule has 0 fully saturated rings. The fourth-order valence-electron chi connectivity index (χ4n) is 2.88. The molecule has 4 aliphatic rings. The van der Waals surface area contributed by atoms with E-state index in [0.717, 1.165) is 36.8 Å². The van der Waals surface area contributed by atoms with Crippen LogP contribution < -0.4 is 5.32 Å². The van der Waals surface area contributed by atoms with Gasteiger partial charge < -0.3 is 5.32 Å². The van der Waals surface area contributed by atoms with E-state index in [2.05, 4.69) is 35.6 Å². The van der Waals surface area contributed by atoms with Gasteiger partial charge in [0.05, 0.1) is 0 Å². The minimum atomic E-state index is -0.547. The molecule has 0 saturated carbocycles. The van der Waals surface area contributed by atoms with E-state index in [0.29, 0.717) is 5.56 Å². The minimum Gasteiger partial charge on any atom is -0.352 e. The average molecular weight is 293 g/mol. The zero-order valence-corrected chi connectivity index (χ0v) is 12.7. The smallest absolute Gasteiger partial charge is 0.292 e. The third-order valence-electron chi connectivity index (χ3n) is 4.26. The van der Waals surface area contributed by atoms with Gasteiger partial charge in [-0.2, -0.15) is 0 Å². The molecular weight excluding hydrogens is 274 g/mol. The van der Waals surface area contributed by atoms with Crippen molar-refractivity contribution in [3.05, 3.63) is 70.3 Å². The highest BCUT2D eigenvalue weighted by Gasteiger charge is 2.19. The Labute approximate surface area is 130 Å². The normalized spacial score (nSPS) is 13.3. The first-order valence-corrected chi connectivity index (χ1v) is 7.63. The van der Waals surface area contributed by atoms with E-state index in [4.69, 9.17) is 0 Å². The SMILES string of the molecule is CNC(=O)C(=O)c1cc2ccc1CCc1ccc(cc1)CC2. The standard InChI is InChI=1S/C19H19NO2/c1-20-19(22)18(21)17-12-15-7-6-13-2-4-14(5-3-13)8-10-16(17)11-9-15/h2-5,9,11-12H,6-8,10H2,1H3,(H,20,22). The van der Waals surface area contributed by atoms with Crippen molar-refractivity contribution in [2.45, 2.75) is 25.7 Å². The first-order valence-electron chi connectivity index (χ1n) is 7.63. The summed E-state index contributed by atoms with van der Waals surface area (Å²) < 4.78 is 0. The number of Topliss-reactive ketones (excluding diaryl/α,β-unsaturated/α-hetero) is 1. The summed E-state index contributed by atoms with van der Waals surface area (Å²) >= 11 is 0. The fraction of sp³-hybridized carbons (Fsp3) is 0.263. The maximum Gasteiger partial charge on any atom is 0.292 e. The third-order valence-corrected chi connectivity index (χ3v) is 4.26. The van der Waals surface area contributed by atoms with Crippen molar-refractivity contribution < 1.29 is 9.59 Å². The molecule has 3 nitrogen and oxygen atoms in total.